The van der Waals surface area contributed by atoms with Crippen LogP contribution in [0.5, 0.6) is 0 Å². The molecule has 1 heterocycles. The normalized spacial score (nSPS) is 19.6. The Labute approximate surface area is 132 Å². The zero-order valence-corrected chi connectivity index (χ0v) is 14.3. The third-order valence-corrected chi connectivity index (χ3v) is 6.71. The predicted octanol–water partition coefficient (Wildman–Crippen LogP) is 1.75. The summed E-state index contributed by atoms with van der Waals surface area (Å²) in [4.78, 5) is 2.65. The summed E-state index contributed by atoms with van der Waals surface area (Å²) in [6.45, 7) is 7.37. The van der Waals surface area contributed by atoms with Crippen molar-refractivity contribution < 1.29 is 8.42 Å². The molecule has 1 aliphatic heterocycles. The van der Waals surface area contributed by atoms with Crippen LogP contribution in [0.15, 0.2) is 29.2 Å². The second kappa shape index (κ2) is 6.69. The molecule has 1 fully saturated rings. The molecule has 1 aromatic rings. The number of thioether (sulfide) groups is 1. The van der Waals surface area contributed by atoms with Crippen LogP contribution in [0.4, 0.5) is 0 Å². The highest BCUT2D eigenvalue weighted by Gasteiger charge is 2.27. The molecular weight excluding hydrogens is 304 g/mol. The first-order valence-corrected chi connectivity index (χ1v) is 9.84. The SMILES string of the molecule is CC1(C)CN(CCS(=O)(=O)c2ccc(CN)cc2)CCS1. The minimum atomic E-state index is -3.21. The maximum Gasteiger partial charge on any atom is 0.179 e. The quantitative estimate of drug-likeness (QED) is 0.892. The van der Waals surface area contributed by atoms with E-state index in [1.165, 1.54) is 0 Å². The van der Waals surface area contributed by atoms with E-state index in [1.54, 1.807) is 24.3 Å². The molecule has 0 aliphatic carbocycles. The van der Waals surface area contributed by atoms with E-state index in [9.17, 15) is 8.42 Å². The highest BCUT2D eigenvalue weighted by atomic mass is 32.2. The van der Waals surface area contributed by atoms with Gasteiger partial charge in [0, 0.05) is 36.7 Å². The Bertz CT molecular complexity index is 568. The van der Waals surface area contributed by atoms with Crippen LogP contribution < -0.4 is 5.73 Å². The summed E-state index contributed by atoms with van der Waals surface area (Å²) in [6.07, 6.45) is 0. The molecule has 2 N–H and O–H groups in total. The van der Waals surface area contributed by atoms with Crippen molar-refractivity contribution in [3.8, 4) is 0 Å². The summed E-state index contributed by atoms with van der Waals surface area (Å²) in [5.74, 6) is 1.24. The number of hydrogen-bond donors (Lipinski definition) is 1. The Morgan fingerprint density at radius 3 is 2.52 bits per heavy atom. The lowest BCUT2D eigenvalue weighted by molar-refractivity contribution is 0.274. The molecule has 4 nitrogen and oxygen atoms in total. The molecule has 0 saturated carbocycles. The summed E-state index contributed by atoms with van der Waals surface area (Å²) in [6, 6.07) is 6.89. The van der Waals surface area contributed by atoms with Crippen molar-refractivity contribution in [1.29, 1.82) is 0 Å². The first-order valence-electron chi connectivity index (χ1n) is 7.20. The summed E-state index contributed by atoms with van der Waals surface area (Å²) in [5, 5.41) is 0. The highest BCUT2D eigenvalue weighted by Crippen LogP contribution is 2.29. The average Bonchev–Trinajstić information content (AvgIpc) is 2.44. The van der Waals surface area contributed by atoms with Gasteiger partial charge in [-0.05, 0) is 31.5 Å². The van der Waals surface area contributed by atoms with Crippen molar-refractivity contribution >= 4 is 21.6 Å². The Morgan fingerprint density at radius 1 is 1.29 bits per heavy atom. The number of benzene rings is 1. The number of rotatable bonds is 5. The van der Waals surface area contributed by atoms with Gasteiger partial charge >= 0.3 is 0 Å². The number of sulfone groups is 1. The molecule has 1 aromatic carbocycles. The van der Waals surface area contributed by atoms with E-state index in [-0.39, 0.29) is 10.5 Å². The van der Waals surface area contributed by atoms with Gasteiger partial charge in [-0.2, -0.15) is 11.8 Å². The van der Waals surface area contributed by atoms with Gasteiger partial charge in [0.2, 0.25) is 0 Å². The first kappa shape index (κ1) is 16.8. The van der Waals surface area contributed by atoms with Gasteiger partial charge in [-0.25, -0.2) is 8.42 Å². The lowest BCUT2D eigenvalue weighted by Gasteiger charge is -2.37. The maximum absolute atomic E-state index is 12.4. The van der Waals surface area contributed by atoms with Crippen molar-refractivity contribution in [2.24, 2.45) is 5.73 Å². The molecule has 0 atom stereocenters. The molecular formula is C15H24N2O2S2. The largest absolute Gasteiger partial charge is 0.326 e. The predicted molar refractivity (Wildman–Crippen MR) is 89.4 cm³/mol. The minimum Gasteiger partial charge on any atom is -0.326 e. The molecule has 1 saturated heterocycles. The summed E-state index contributed by atoms with van der Waals surface area (Å²) in [5.41, 5.74) is 6.48. The molecule has 0 unspecified atom stereocenters. The van der Waals surface area contributed by atoms with Gasteiger partial charge in [-0.3, -0.25) is 0 Å². The highest BCUT2D eigenvalue weighted by molar-refractivity contribution is 8.00. The molecule has 0 spiro atoms. The van der Waals surface area contributed by atoms with Gasteiger partial charge in [-0.1, -0.05) is 12.1 Å². The summed E-state index contributed by atoms with van der Waals surface area (Å²) < 4.78 is 25.0. The van der Waals surface area contributed by atoms with Crippen molar-refractivity contribution in [3.05, 3.63) is 29.8 Å². The fourth-order valence-corrected chi connectivity index (χ4v) is 4.97. The van der Waals surface area contributed by atoms with Crippen LogP contribution in [-0.2, 0) is 16.4 Å². The monoisotopic (exact) mass is 328 g/mol. The Hall–Kier alpha value is -0.560. The van der Waals surface area contributed by atoms with Crippen LogP contribution >= 0.6 is 11.8 Å². The average molecular weight is 329 g/mol. The Kier molecular flexibility index (Phi) is 5.35. The van der Waals surface area contributed by atoms with Crippen LogP contribution in [0.25, 0.3) is 0 Å². The second-order valence-electron chi connectivity index (χ2n) is 6.05. The van der Waals surface area contributed by atoms with Crippen molar-refractivity contribution in [3.63, 3.8) is 0 Å². The minimum absolute atomic E-state index is 0.176. The first-order chi connectivity index (χ1) is 9.82. The molecule has 0 aromatic heterocycles. The number of nitrogens with two attached hydrogens (primary N) is 1. The van der Waals surface area contributed by atoms with E-state index in [4.69, 9.17) is 5.73 Å². The van der Waals surface area contributed by atoms with Gasteiger partial charge in [-0.15, -0.1) is 0 Å². The number of hydrogen-bond acceptors (Lipinski definition) is 5. The van der Waals surface area contributed by atoms with Crippen LogP contribution in [0.2, 0.25) is 0 Å². The fraction of sp³-hybridized carbons (Fsp3) is 0.600. The standard InChI is InChI=1S/C15H24N2O2S2/c1-15(2)12-17(7-9-20-15)8-10-21(18,19)14-5-3-13(11-16)4-6-14/h3-6H,7-12,16H2,1-2H3. The van der Waals surface area contributed by atoms with Crippen molar-refractivity contribution in [1.82, 2.24) is 4.90 Å². The Morgan fingerprint density at radius 2 is 1.95 bits per heavy atom. The zero-order valence-electron chi connectivity index (χ0n) is 12.7. The summed E-state index contributed by atoms with van der Waals surface area (Å²) in [7, 11) is -3.21. The third kappa shape index (κ3) is 4.71. The van der Waals surface area contributed by atoms with Gasteiger partial charge in [0.25, 0.3) is 0 Å². The van der Waals surface area contributed by atoms with Crippen LogP contribution in [-0.4, -0.2) is 49.2 Å². The van der Waals surface area contributed by atoms with Crippen LogP contribution in [0.1, 0.15) is 19.4 Å². The molecule has 2 rings (SSSR count). The van der Waals surface area contributed by atoms with Gasteiger partial charge in [0.1, 0.15) is 0 Å². The topological polar surface area (TPSA) is 63.4 Å². The lowest BCUT2D eigenvalue weighted by Crippen LogP contribution is -2.44. The summed E-state index contributed by atoms with van der Waals surface area (Å²) >= 11 is 1.95. The molecule has 118 valence electrons. The van der Waals surface area contributed by atoms with Crippen LogP contribution in [0, 0.1) is 0 Å². The van der Waals surface area contributed by atoms with E-state index >= 15 is 0 Å². The molecule has 6 heteroatoms. The van der Waals surface area contributed by atoms with E-state index in [2.05, 4.69) is 18.7 Å². The molecule has 1 aliphatic rings. The maximum atomic E-state index is 12.4. The number of nitrogens with zero attached hydrogens (tertiary/aromatic N) is 1. The van der Waals surface area contributed by atoms with E-state index < -0.39 is 9.84 Å². The Balaban J connectivity index is 1.97. The molecule has 0 bridgehead atoms. The van der Waals surface area contributed by atoms with E-state index in [0.717, 1.165) is 24.4 Å². The van der Waals surface area contributed by atoms with E-state index in [0.29, 0.717) is 18.0 Å². The van der Waals surface area contributed by atoms with E-state index in [1.807, 2.05) is 11.8 Å². The second-order valence-corrected chi connectivity index (χ2v) is 9.96. The lowest BCUT2D eigenvalue weighted by atomic mass is 10.2. The fourth-order valence-electron chi connectivity index (χ4n) is 2.51. The molecule has 0 amide bonds. The van der Waals surface area contributed by atoms with Crippen molar-refractivity contribution in [2.45, 2.75) is 30.0 Å². The van der Waals surface area contributed by atoms with Gasteiger partial charge in [0.15, 0.2) is 9.84 Å². The molecule has 0 radical (unpaired) electrons. The third-order valence-electron chi connectivity index (χ3n) is 3.70. The van der Waals surface area contributed by atoms with Gasteiger partial charge < -0.3 is 10.6 Å². The van der Waals surface area contributed by atoms with Crippen molar-refractivity contribution in [2.75, 3.05) is 31.1 Å². The zero-order chi connectivity index (χ0) is 15.5. The van der Waals surface area contributed by atoms with Gasteiger partial charge in [0.05, 0.1) is 10.6 Å². The molecule has 21 heavy (non-hydrogen) atoms. The van der Waals surface area contributed by atoms with Crippen LogP contribution in [0.3, 0.4) is 0 Å². The smallest absolute Gasteiger partial charge is 0.179 e.